The second-order valence-electron chi connectivity index (χ2n) is 10.8. The molecule has 0 heterocycles. The molecule has 246 valence electrons. The van der Waals surface area contributed by atoms with Gasteiger partial charge in [0.05, 0.1) is 40.2 Å². The van der Waals surface area contributed by atoms with Crippen molar-refractivity contribution >= 4 is 35.2 Å². The minimum absolute atomic E-state index is 0.184. The Morgan fingerprint density at radius 2 is 1.76 bits per heavy atom. The smallest absolute Gasteiger partial charge is 0.328 e. The van der Waals surface area contributed by atoms with Crippen molar-refractivity contribution in [2.24, 2.45) is 0 Å². The van der Waals surface area contributed by atoms with E-state index in [4.69, 9.17) is 18.9 Å². The topological polar surface area (TPSA) is 141 Å². The van der Waals surface area contributed by atoms with Crippen LogP contribution in [0.15, 0.2) is 29.1 Å². The van der Waals surface area contributed by atoms with Gasteiger partial charge in [-0.25, -0.2) is 4.79 Å². The predicted molar refractivity (Wildman–Crippen MR) is 177 cm³/mol. The second kappa shape index (κ2) is 17.5. The van der Waals surface area contributed by atoms with Gasteiger partial charge in [-0.3, -0.25) is 14.4 Å². The number of nitrogens with one attached hydrogen (secondary N) is 3. The predicted octanol–water partition coefficient (Wildman–Crippen LogP) is 4.25. The van der Waals surface area contributed by atoms with Gasteiger partial charge in [-0.1, -0.05) is 12.5 Å². The van der Waals surface area contributed by atoms with E-state index in [1.165, 1.54) is 14.0 Å². The van der Waals surface area contributed by atoms with Gasteiger partial charge in [0.2, 0.25) is 23.0 Å². The number of hydrogen-bond donors (Lipinski definition) is 3. The maximum atomic E-state index is 13.4. The van der Waals surface area contributed by atoms with E-state index in [1.54, 1.807) is 45.2 Å². The van der Waals surface area contributed by atoms with Crippen LogP contribution in [-0.4, -0.2) is 70.8 Å². The second-order valence-corrected chi connectivity index (χ2v) is 11.7. The van der Waals surface area contributed by atoms with Gasteiger partial charge in [0.25, 0.3) is 0 Å². The van der Waals surface area contributed by atoms with Crippen LogP contribution in [0.3, 0.4) is 0 Å². The molecule has 0 fully saturated rings. The standard InChI is InChI=1S/C33H45N3O8S/c1-20(37)35-24-13-11-21-18-28(41-2)31(42-3)32(43-4)30(21)22-12-14-25(27(38)19-23(22)24)34-16-9-7-8-10-29(39)36-26(15-17-45-6)33(40)44-5/h12,14,18-19,24,26H,7-11,13,15-17H2,1-6H3,(H,34,38)(H,35,37)(H,36,39)/t24-,26-/m0/s1. The van der Waals surface area contributed by atoms with Gasteiger partial charge in [-0.05, 0) is 79.0 Å². The Bertz CT molecular complexity index is 1420. The van der Waals surface area contributed by atoms with Gasteiger partial charge in [-0.15, -0.1) is 0 Å². The highest BCUT2D eigenvalue weighted by atomic mass is 32.2. The van der Waals surface area contributed by atoms with E-state index in [1.807, 2.05) is 18.4 Å². The van der Waals surface area contributed by atoms with Gasteiger partial charge < -0.3 is 34.9 Å². The molecule has 0 saturated heterocycles. The minimum atomic E-state index is -0.638. The normalized spacial score (nSPS) is 14.1. The molecule has 0 aliphatic heterocycles. The number of carbonyl (C=O) groups excluding carboxylic acids is 3. The van der Waals surface area contributed by atoms with Crippen LogP contribution in [-0.2, 0) is 25.5 Å². The summed E-state index contributed by atoms with van der Waals surface area (Å²) in [5.41, 5.74) is 3.43. The van der Waals surface area contributed by atoms with E-state index in [-0.39, 0.29) is 23.3 Å². The van der Waals surface area contributed by atoms with Crippen LogP contribution in [0.2, 0.25) is 0 Å². The molecule has 2 atom stereocenters. The lowest BCUT2D eigenvalue weighted by Gasteiger charge is -2.19. The summed E-state index contributed by atoms with van der Waals surface area (Å²) >= 11 is 1.60. The summed E-state index contributed by atoms with van der Waals surface area (Å²) in [5.74, 6) is 1.41. The molecule has 0 aromatic heterocycles. The monoisotopic (exact) mass is 643 g/mol. The van der Waals surface area contributed by atoms with Crippen molar-refractivity contribution in [3.63, 3.8) is 0 Å². The fraction of sp³-hybridized carbons (Fsp3) is 0.515. The highest BCUT2D eigenvalue weighted by Crippen LogP contribution is 2.50. The zero-order chi connectivity index (χ0) is 32.9. The number of ether oxygens (including phenoxy) is 4. The van der Waals surface area contributed by atoms with Gasteiger partial charge >= 0.3 is 5.97 Å². The number of amides is 2. The first-order chi connectivity index (χ1) is 21.7. The van der Waals surface area contributed by atoms with Gasteiger partial charge in [-0.2, -0.15) is 11.8 Å². The molecule has 3 rings (SSSR count). The first kappa shape index (κ1) is 35.5. The summed E-state index contributed by atoms with van der Waals surface area (Å²) in [6.45, 7) is 2.00. The fourth-order valence-corrected chi connectivity index (χ4v) is 6.03. The van der Waals surface area contributed by atoms with Crippen LogP contribution in [0.1, 0.15) is 62.6 Å². The fourth-order valence-electron chi connectivity index (χ4n) is 5.56. The SMILES string of the molecule is COC(=O)[C@H](CCSC)NC(=O)CCCCCNc1ccc2c(cc1=O)[C@@H](NC(C)=O)CCc1cc(OC)c(OC)c(OC)c1-2. The van der Waals surface area contributed by atoms with Crippen molar-refractivity contribution in [1.82, 2.24) is 10.6 Å². The van der Waals surface area contributed by atoms with Crippen molar-refractivity contribution in [3.05, 3.63) is 45.6 Å². The Labute approximate surface area is 269 Å². The minimum Gasteiger partial charge on any atom is -0.493 e. The maximum Gasteiger partial charge on any atom is 0.328 e. The van der Waals surface area contributed by atoms with Crippen LogP contribution in [0.5, 0.6) is 17.2 Å². The molecule has 0 radical (unpaired) electrons. The molecule has 0 unspecified atom stereocenters. The lowest BCUT2D eigenvalue weighted by molar-refractivity contribution is -0.145. The molecule has 0 spiro atoms. The van der Waals surface area contributed by atoms with Gasteiger partial charge in [0.15, 0.2) is 11.5 Å². The van der Waals surface area contributed by atoms with Crippen molar-refractivity contribution in [1.29, 1.82) is 0 Å². The Morgan fingerprint density at radius 1 is 1.00 bits per heavy atom. The Morgan fingerprint density at radius 3 is 2.40 bits per heavy atom. The Kier molecular flexibility index (Phi) is 13.8. The molecule has 1 aliphatic rings. The van der Waals surface area contributed by atoms with Gasteiger partial charge in [0, 0.05) is 25.5 Å². The number of unbranched alkanes of at least 4 members (excludes halogenated alkanes) is 2. The molecule has 0 saturated carbocycles. The van der Waals surface area contributed by atoms with E-state index >= 15 is 0 Å². The summed E-state index contributed by atoms with van der Waals surface area (Å²) in [5, 5.41) is 9.03. The van der Waals surface area contributed by atoms with Crippen LogP contribution >= 0.6 is 11.8 Å². The highest BCUT2D eigenvalue weighted by molar-refractivity contribution is 7.98. The Balaban J connectivity index is 1.76. The van der Waals surface area contributed by atoms with E-state index in [0.29, 0.717) is 67.1 Å². The third-order valence-corrected chi connectivity index (χ3v) is 8.39. The third-order valence-electron chi connectivity index (χ3n) is 7.74. The number of anilines is 1. The largest absolute Gasteiger partial charge is 0.493 e. The molecule has 2 aromatic rings. The van der Waals surface area contributed by atoms with E-state index < -0.39 is 12.0 Å². The van der Waals surface area contributed by atoms with Crippen molar-refractivity contribution in [2.75, 3.05) is 52.3 Å². The molecule has 2 aromatic carbocycles. The molecule has 11 nitrogen and oxygen atoms in total. The average molecular weight is 644 g/mol. The summed E-state index contributed by atoms with van der Waals surface area (Å²) in [4.78, 5) is 49.9. The number of thioether (sulfide) groups is 1. The lowest BCUT2D eigenvalue weighted by atomic mass is 9.95. The third kappa shape index (κ3) is 9.29. The van der Waals surface area contributed by atoms with Crippen molar-refractivity contribution < 1.29 is 33.3 Å². The zero-order valence-electron chi connectivity index (χ0n) is 27.0. The molecule has 0 bridgehead atoms. The molecule has 1 aliphatic carbocycles. The number of aryl methyl sites for hydroxylation is 1. The van der Waals surface area contributed by atoms with E-state index in [9.17, 15) is 19.2 Å². The quantitative estimate of drug-likeness (QED) is 0.180. The molecule has 3 N–H and O–H groups in total. The van der Waals surface area contributed by atoms with E-state index in [0.717, 1.165) is 35.3 Å². The maximum absolute atomic E-state index is 13.4. The van der Waals surface area contributed by atoms with Crippen LogP contribution in [0.4, 0.5) is 5.69 Å². The average Bonchev–Trinajstić information content (AvgIpc) is 3.27. The first-order valence-corrected chi connectivity index (χ1v) is 16.5. The molecule has 45 heavy (non-hydrogen) atoms. The van der Waals surface area contributed by atoms with Crippen LogP contribution < -0.4 is 35.6 Å². The zero-order valence-corrected chi connectivity index (χ0v) is 27.8. The van der Waals surface area contributed by atoms with Crippen LogP contribution in [0.25, 0.3) is 11.1 Å². The van der Waals surface area contributed by atoms with Crippen LogP contribution in [0, 0.1) is 0 Å². The number of methoxy groups -OCH3 is 4. The number of fused-ring (bicyclic) bond motifs is 3. The molecule has 12 heteroatoms. The number of benzene rings is 1. The summed E-state index contributed by atoms with van der Waals surface area (Å²) in [6, 6.07) is 6.12. The van der Waals surface area contributed by atoms with Crippen molar-refractivity contribution in [2.45, 2.75) is 64.0 Å². The summed E-state index contributed by atoms with van der Waals surface area (Å²) in [7, 11) is 6.00. The summed E-state index contributed by atoms with van der Waals surface area (Å²) in [6.07, 6.45) is 6.10. The van der Waals surface area contributed by atoms with Gasteiger partial charge in [0.1, 0.15) is 6.04 Å². The molecular weight excluding hydrogens is 598 g/mol. The Hall–Kier alpha value is -3.93. The number of hydrogen-bond acceptors (Lipinski definition) is 10. The summed E-state index contributed by atoms with van der Waals surface area (Å²) < 4.78 is 21.9. The first-order valence-electron chi connectivity index (χ1n) is 15.1. The number of carbonyl (C=O) groups is 3. The number of esters is 1. The van der Waals surface area contributed by atoms with Crippen molar-refractivity contribution in [3.8, 4) is 28.4 Å². The highest BCUT2D eigenvalue weighted by Gasteiger charge is 2.29. The lowest BCUT2D eigenvalue weighted by Crippen LogP contribution is -2.41. The molecular formula is C33H45N3O8S. The number of rotatable bonds is 16. The van der Waals surface area contributed by atoms with E-state index in [2.05, 4.69) is 16.0 Å². The molecule has 2 amide bonds.